The van der Waals surface area contributed by atoms with E-state index >= 15 is 0 Å². The number of pyridine rings is 1. The molecule has 0 aliphatic carbocycles. The molecule has 8 heteroatoms. The number of nitrogens with one attached hydrogen (secondary N) is 2. The molecule has 2 heterocycles. The zero-order chi connectivity index (χ0) is 18.7. The highest BCUT2D eigenvalue weighted by Crippen LogP contribution is 2.34. The van der Waals surface area contributed by atoms with Crippen LogP contribution in [0.3, 0.4) is 0 Å². The summed E-state index contributed by atoms with van der Waals surface area (Å²) in [6.45, 7) is 1.97. The van der Waals surface area contributed by atoms with E-state index in [9.17, 15) is 9.59 Å². The van der Waals surface area contributed by atoms with Crippen LogP contribution < -0.4 is 25.0 Å². The SMILES string of the molecule is C[C@H](NC(=O)C(=O)Nc1ccc(N(C)C)nc1)c1ccc2c(c1)OCO2. The van der Waals surface area contributed by atoms with E-state index in [0.29, 0.717) is 17.2 Å². The molecule has 1 aliphatic heterocycles. The second-order valence-electron chi connectivity index (χ2n) is 6.06. The van der Waals surface area contributed by atoms with E-state index < -0.39 is 11.8 Å². The van der Waals surface area contributed by atoms with E-state index in [2.05, 4.69) is 15.6 Å². The first-order valence-corrected chi connectivity index (χ1v) is 8.09. The Kier molecular flexibility index (Phi) is 4.92. The zero-order valence-electron chi connectivity index (χ0n) is 14.8. The quantitative estimate of drug-likeness (QED) is 0.810. The van der Waals surface area contributed by atoms with E-state index in [1.165, 1.54) is 6.20 Å². The molecule has 0 saturated heterocycles. The number of aromatic nitrogens is 1. The molecule has 0 spiro atoms. The van der Waals surface area contributed by atoms with Crippen LogP contribution in [0.4, 0.5) is 11.5 Å². The molecule has 1 atom stereocenters. The van der Waals surface area contributed by atoms with Gasteiger partial charge in [-0.05, 0) is 36.8 Å². The number of hydrogen-bond acceptors (Lipinski definition) is 6. The molecule has 3 rings (SSSR count). The van der Waals surface area contributed by atoms with Gasteiger partial charge < -0.3 is 25.0 Å². The molecule has 0 unspecified atom stereocenters. The number of amides is 2. The van der Waals surface area contributed by atoms with Gasteiger partial charge in [0.2, 0.25) is 6.79 Å². The molecule has 1 aliphatic rings. The van der Waals surface area contributed by atoms with E-state index in [-0.39, 0.29) is 12.8 Å². The summed E-state index contributed by atoms with van der Waals surface area (Å²) in [6.07, 6.45) is 1.50. The number of benzene rings is 1. The summed E-state index contributed by atoms with van der Waals surface area (Å²) >= 11 is 0. The van der Waals surface area contributed by atoms with Crippen molar-refractivity contribution in [2.24, 2.45) is 0 Å². The van der Waals surface area contributed by atoms with Crippen molar-refractivity contribution in [2.45, 2.75) is 13.0 Å². The third kappa shape index (κ3) is 3.85. The lowest BCUT2D eigenvalue weighted by Crippen LogP contribution is -2.36. The van der Waals surface area contributed by atoms with Crippen molar-refractivity contribution in [3.63, 3.8) is 0 Å². The summed E-state index contributed by atoms with van der Waals surface area (Å²) in [5.41, 5.74) is 1.26. The molecular formula is C18H20N4O4. The predicted octanol–water partition coefficient (Wildman–Crippen LogP) is 1.69. The number of hydrogen-bond donors (Lipinski definition) is 2. The topological polar surface area (TPSA) is 92.8 Å². The number of fused-ring (bicyclic) bond motifs is 1. The first-order chi connectivity index (χ1) is 12.4. The van der Waals surface area contributed by atoms with Crippen LogP contribution >= 0.6 is 0 Å². The minimum atomic E-state index is -0.753. The zero-order valence-corrected chi connectivity index (χ0v) is 14.8. The van der Waals surface area contributed by atoms with Crippen LogP contribution in [0, 0.1) is 0 Å². The molecule has 0 bridgehead atoms. The van der Waals surface area contributed by atoms with Crippen LogP contribution in [0.2, 0.25) is 0 Å². The fraction of sp³-hybridized carbons (Fsp3) is 0.278. The summed E-state index contributed by atoms with van der Waals surface area (Å²) in [4.78, 5) is 30.2. The van der Waals surface area contributed by atoms with Crippen LogP contribution in [0.15, 0.2) is 36.5 Å². The van der Waals surface area contributed by atoms with Gasteiger partial charge in [-0.25, -0.2) is 4.98 Å². The average Bonchev–Trinajstić information content (AvgIpc) is 3.09. The Morgan fingerprint density at radius 1 is 1.12 bits per heavy atom. The lowest BCUT2D eigenvalue weighted by molar-refractivity contribution is -0.136. The van der Waals surface area contributed by atoms with Gasteiger partial charge >= 0.3 is 11.8 Å². The summed E-state index contributed by atoms with van der Waals surface area (Å²) in [6, 6.07) is 8.46. The Morgan fingerprint density at radius 2 is 1.88 bits per heavy atom. The highest BCUT2D eigenvalue weighted by atomic mass is 16.7. The van der Waals surface area contributed by atoms with Crippen molar-refractivity contribution in [1.82, 2.24) is 10.3 Å². The van der Waals surface area contributed by atoms with E-state index in [4.69, 9.17) is 9.47 Å². The first kappa shape index (κ1) is 17.5. The highest BCUT2D eigenvalue weighted by molar-refractivity contribution is 6.39. The maximum Gasteiger partial charge on any atom is 0.313 e. The molecule has 1 aromatic carbocycles. The normalized spacial score (nSPS) is 13.0. The minimum absolute atomic E-state index is 0.183. The van der Waals surface area contributed by atoms with Crippen molar-refractivity contribution in [2.75, 3.05) is 31.1 Å². The Bertz CT molecular complexity index is 820. The van der Waals surface area contributed by atoms with Gasteiger partial charge in [0.25, 0.3) is 0 Å². The van der Waals surface area contributed by atoms with Crippen LogP contribution in [-0.4, -0.2) is 37.7 Å². The fourth-order valence-corrected chi connectivity index (χ4v) is 2.44. The van der Waals surface area contributed by atoms with Crippen LogP contribution in [0.5, 0.6) is 11.5 Å². The van der Waals surface area contributed by atoms with Gasteiger partial charge in [-0.3, -0.25) is 9.59 Å². The summed E-state index contributed by atoms with van der Waals surface area (Å²) in [5, 5.41) is 5.19. The fourth-order valence-electron chi connectivity index (χ4n) is 2.44. The Hall–Kier alpha value is -3.29. The van der Waals surface area contributed by atoms with Crippen LogP contribution in [0.1, 0.15) is 18.5 Å². The van der Waals surface area contributed by atoms with Crippen molar-refractivity contribution in [1.29, 1.82) is 0 Å². The van der Waals surface area contributed by atoms with Crippen molar-refractivity contribution in [3.05, 3.63) is 42.1 Å². The number of ether oxygens (including phenoxy) is 2. The third-order valence-corrected chi connectivity index (χ3v) is 3.91. The summed E-state index contributed by atoms with van der Waals surface area (Å²) < 4.78 is 10.6. The molecule has 0 radical (unpaired) electrons. The Labute approximate surface area is 151 Å². The van der Waals surface area contributed by atoms with Crippen LogP contribution in [-0.2, 0) is 9.59 Å². The lowest BCUT2D eigenvalue weighted by Gasteiger charge is -2.15. The largest absolute Gasteiger partial charge is 0.454 e. The maximum atomic E-state index is 12.1. The van der Waals surface area contributed by atoms with Gasteiger partial charge in [0.15, 0.2) is 11.5 Å². The molecule has 2 amide bonds. The van der Waals surface area contributed by atoms with Crippen molar-refractivity contribution in [3.8, 4) is 11.5 Å². The first-order valence-electron chi connectivity index (χ1n) is 8.09. The van der Waals surface area contributed by atoms with E-state index in [1.807, 2.05) is 25.1 Å². The van der Waals surface area contributed by atoms with Crippen molar-refractivity contribution >= 4 is 23.3 Å². The molecule has 26 heavy (non-hydrogen) atoms. The molecule has 2 aromatic rings. The molecule has 2 N–H and O–H groups in total. The number of carbonyl (C=O) groups excluding carboxylic acids is 2. The summed E-state index contributed by atoms with van der Waals surface area (Å²) in [7, 11) is 3.73. The lowest BCUT2D eigenvalue weighted by atomic mass is 10.1. The van der Waals surface area contributed by atoms with Gasteiger partial charge in [-0.1, -0.05) is 6.07 Å². The third-order valence-electron chi connectivity index (χ3n) is 3.91. The molecular weight excluding hydrogens is 336 g/mol. The van der Waals surface area contributed by atoms with Gasteiger partial charge in [0, 0.05) is 14.1 Å². The molecule has 136 valence electrons. The van der Waals surface area contributed by atoms with Gasteiger partial charge in [-0.2, -0.15) is 0 Å². The van der Waals surface area contributed by atoms with E-state index in [1.54, 1.807) is 31.2 Å². The number of rotatable bonds is 4. The number of anilines is 2. The molecule has 8 nitrogen and oxygen atoms in total. The maximum absolute atomic E-state index is 12.1. The van der Waals surface area contributed by atoms with Gasteiger partial charge in [-0.15, -0.1) is 0 Å². The van der Waals surface area contributed by atoms with Gasteiger partial charge in [0.05, 0.1) is 17.9 Å². The smallest absolute Gasteiger partial charge is 0.313 e. The Morgan fingerprint density at radius 3 is 2.58 bits per heavy atom. The Balaban J connectivity index is 1.59. The monoisotopic (exact) mass is 356 g/mol. The highest BCUT2D eigenvalue weighted by Gasteiger charge is 2.20. The number of carbonyl (C=O) groups is 2. The minimum Gasteiger partial charge on any atom is -0.454 e. The number of nitrogens with zero attached hydrogens (tertiary/aromatic N) is 2. The average molecular weight is 356 g/mol. The van der Waals surface area contributed by atoms with Crippen molar-refractivity contribution < 1.29 is 19.1 Å². The molecule has 0 fully saturated rings. The summed E-state index contributed by atoms with van der Waals surface area (Å²) in [5.74, 6) is 0.562. The van der Waals surface area contributed by atoms with E-state index in [0.717, 1.165) is 11.4 Å². The molecule has 0 saturated carbocycles. The second-order valence-corrected chi connectivity index (χ2v) is 6.06. The standard InChI is InChI=1S/C18H20N4O4/c1-11(12-4-6-14-15(8-12)26-10-25-14)20-17(23)18(24)21-13-5-7-16(19-9-13)22(2)3/h4-9,11H,10H2,1-3H3,(H,20,23)(H,21,24)/t11-/m0/s1. The van der Waals surface area contributed by atoms with Crippen LogP contribution in [0.25, 0.3) is 0 Å². The molecule has 1 aromatic heterocycles. The predicted molar refractivity (Wildman–Crippen MR) is 96.3 cm³/mol. The van der Waals surface area contributed by atoms with Gasteiger partial charge in [0.1, 0.15) is 5.82 Å². The second kappa shape index (κ2) is 7.30.